The van der Waals surface area contributed by atoms with Crippen molar-refractivity contribution in [1.82, 2.24) is 15.2 Å². The van der Waals surface area contributed by atoms with Gasteiger partial charge in [-0.1, -0.05) is 30.3 Å². The van der Waals surface area contributed by atoms with Gasteiger partial charge in [0.25, 0.3) is 5.91 Å². The molecule has 1 saturated heterocycles. The van der Waals surface area contributed by atoms with Crippen molar-refractivity contribution >= 4 is 11.8 Å². The third-order valence-corrected chi connectivity index (χ3v) is 6.03. The van der Waals surface area contributed by atoms with Gasteiger partial charge in [0.15, 0.2) is 5.43 Å². The second kappa shape index (κ2) is 8.23. The number of likely N-dealkylation sites (tertiary alicyclic amines) is 1. The van der Waals surface area contributed by atoms with Crippen LogP contribution in [0.15, 0.2) is 47.3 Å². The number of aryl methyl sites for hydroxylation is 1. The number of hydrogen-bond acceptors (Lipinski definition) is 3. The number of benzene rings is 1. The summed E-state index contributed by atoms with van der Waals surface area (Å²) in [6, 6.07) is 13.1. The first kappa shape index (κ1) is 19.4. The summed E-state index contributed by atoms with van der Waals surface area (Å²) < 4.78 is 0. The van der Waals surface area contributed by atoms with Gasteiger partial charge in [0.1, 0.15) is 5.69 Å². The highest BCUT2D eigenvalue weighted by Crippen LogP contribution is 2.47. The lowest BCUT2D eigenvalue weighted by Gasteiger charge is -2.32. The molecular formula is C23H27N3O3. The van der Waals surface area contributed by atoms with E-state index >= 15 is 0 Å². The van der Waals surface area contributed by atoms with Crippen molar-refractivity contribution in [3.63, 3.8) is 0 Å². The molecule has 0 unspecified atom stereocenters. The molecule has 152 valence electrons. The zero-order chi connectivity index (χ0) is 20.4. The molecule has 2 atom stereocenters. The summed E-state index contributed by atoms with van der Waals surface area (Å²) in [6.07, 6.45) is 2.64. The first-order valence-electron chi connectivity index (χ1n) is 10.3. The predicted molar refractivity (Wildman–Crippen MR) is 111 cm³/mol. The highest BCUT2D eigenvalue weighted by atomic mass is 16.2. The lowest BCUT2D eigenvalue weighted by molar-refractivity contribution is -0.122. The molecule has 0 radical (unpaired) electrons. The van der Waals surface area contributed by atoms with E-state index in [9.17, 15) is 14.4 Å². The predicted octanol–water partition coefficient (Wildman–Crippen LogP) is 2.46. The van der Waals surface area contributed by atoms with E-state index in [2.05, 4.69) is 22.4 Å². The van der Waals surface area contributed by atoms with Gasteiger partial charge in [-0.3, -0.25) is 14.4 Å². The molecule has 1 aliphatic carbocycles. The number of nitrogens with one attached hydrogen (secondary N) is 2. The van der Waals surface area contributed by atoms with Crippen molar-refractivity contribution < 1.29 is 9.59 Å². The molecule has 1 aromatic heterocycles. The number of H-pyrrole nitrogens is 1. The van der Waals surface area contributed by atoms with Crippen LogP contribution in [-0.4, -0.2) is 41.3 Å². The van der Waals surface area contributed by atoms with E-state index in [0.717, 1.165) is 19.3 Å². The van der Waals surface area contributed by atoms with Crippen molar-refractivity contribution in [2.75, 3.05) is 19.6 Å². The number of aromatic nitrogens is 1. The maximum absolute atomic E-state index is 12.6. The summed E-state index contributed by atoms with van der Waals surface area (Å²) in [6.45, 7) is 3.73. The number of aromatic amines is 1. The molecule has 2 N–H and O–H groups in total. The molecule has 4 rings (SSSR count). The van der Waals surface area contributed by atoms with Crippen molar-refractivity contribution in [1.29, 1.82) is 0 Å². The van der Waals surface area contributed by atoms with Crippen LogP contribution in [0.3, 0.4) is 0 Å². The Morgan fingerprint density at radius 3 is 2.55 bits per heavy atom. The zero-order valence-corrected chi connectivity index (χ0v) is 16.7. The fourth-order valence-corrected chi connectivity index (χ4v) is 4.24. The number of amides is 2. The molecule has 1 saturated carbocycles. The van der Waals surface area contributed by atoms with Crippen LogP contribution in [0, 0.1) is 18.8 Å². The Bertz CT molecular complexity index is 945. The molecule has 6 heteroatoms. The first-order chi connectivity index (χ1) is 14.0. The second-order valence-electron chi connectivity index (χ2n) is 8.25. The maximum atomic E-state index is 12.6. The van der Waals surface area contributed by atoms with Gasteiger partial charge in [-0.25, -0.2) is 0 Å². The molecular weight excluding hydrogens is 366 g/mol. The average Bonchev–Trinajstić information content (AvgIpc) is 3.53. The van der Waals surface area contributed by atoms with Gasteiger partial charge < -0.3 is 15.2 Å². The summed E-state index contributed by atoms with van der Waals surface area (Å²) >= 11 is 0. The van der Waals surface area contributed by atoms with Crippen molar-refractivity contribution in [2.24, 2.45) is 11.8 Å². The fourth-order valence-electron chi connectivity index (χ4n) is 4.24. The van der Waals surface area contributed by atoms with Gasteiger partial charge >= 0.3 is 0 Å². The maximum Gasteiger partial charge on any atom is 0.270 e. The van der Waals surface area contributed by atoms with Crippen molar-refractivity contribution in [3.8, 4) is 0 Å². The number of nitrogens with zero attached hydrogens (tertiary/aromatic N) is 1. The molecule has 0 spiro atoms. The normalized spacial score (nSPS) is 21.6. The first-order valence-corrected chi connectivity index (χ1v) is 10.3. The third-order valence-electron chi connectivity index (χ3n) is 6.03. The molecule has 6 nitrogen and oxygen atoms in total. The number of pyridine rings is 1. The van der Waals surface area contributed by atoms with Gasteiger partial charge in [0.05, 0.1) is 0 Å². The lowest BCUT2D eigenvalue weighted by Crippen LogP contribution is -2.42. The number of carbonyl (C=O) groups excluding carboxylic acids is 2. The standard InChI is InChI=1S/C23H27N3O3/c1-15-11-18(27)12-21(25-15)23(29)26-9-7-16(8-10-26)14-24-22(28)20-13-19(20)17-5-3-2-4-6-17/h2-6,11-12,16,19-20H,7-10,13-14H2,1H3,(H,24,28)(H,25,27)/t19-,20+/m0/s1. The molecule has 29 heavy (non-hydrogen) atoms. The van der Waals surface area contributed by atoms with Gasteiger partial charge in [0.2, 0.25) is 5.91 Å². The number of carbonyl (C=O) groups is 2. The lowest BCUT2D eigenvalue weighted by atomic mass is 9.96. The highest BCUT2D eigenvalue weighted by molar-refractivity contribution is 5.92. The molecule has 2 amide bonds. The quantitative estimate of drug-likeness (QED) is 0.819. The Morgan fingerprint density at radius 2 is 1.86 bits per heavy atom. The second-order valence-corrected chi connectivity index (χ2v) is 8.25. The smallest absolute Gasteiger partial charge is 0.270 e. The van der Waals surface area contributed by atoms with Gasteiger partial charge in [-0.05, 0) is 43.6 Å². The van der Waals surface area contributed by atoms with Gasteiger partial charge in [-0.15, -0.1) is 0 Å². The van der Waals surface area contributed by atoms with Crippen molar-refractivity contribution in [3.05, 3.63) is 69.6 Å². The van der Waals surface area contributed by atoms with Gasteiger partial charge in [-0.2, -0.15) is 0 Å². The van der Waals surface area contributed by atoms with E-state index in [0.29, 0.717) is 42.9 Å². The Kier molecular flexibility index (Phi) is 5.51. The summed E-state index contributed by atoms with van der Waals surface area (Å²) in [7, 11) is 0. The molecule has 2 aliphatic rings. The number of rotatable bonds is 5. The van der Waals surface area contributed by atoms with Gasteiger partial charge in [0, 0.05) is 43.4 Å². The van der Waals surface area contributed by atoms with E-state index in [1.165, 1.54) is 17.7 Å². The van der Waals surface area contributed by atoms with E-state index in [-0.39, 0.29) is 23.2 Å². The van der Waals surface area contributed by atoms with E-state index in [1.54, 1.807) is 11.8 Å². The van der Waals surface area contributed by atoms with Crippen LogP contribution in [0.1, 0.15) is 46.9 Å². The summed E-state index contributed by atoms with van der Waals surface area (Å²) in [5.41, 5.74) is 2.12. The summed E-state index contributed by atoms with van der Waals surface area (Å²) in [5, 5.41) is 3.11. The van der Waals surface area contributed by atoms with Crippen LogP contribution in [0.5, 0.6) is 0 Å². The minimum Gasteiger partial charge on any atom is -0.356 e. The molecule has 1 aliphatic heterocycles. The third kappa shape index (κ3) is 4.58. The highest BCUT2D eigenvalue weighted by Gasteiger charge is 2.43. The Balaban J connectivity index is 1.23. The van der Waals surface area contributed by atoms with E-state index < -0.39 is 0 Å². The summed E-state index contributed by atoms with van der Waals surface area (Å²) in [4.78, 5) is 41.5. The fraction of sp³-hybridized carbons (Fsp3) is 0.435. The van der Waals surface area contributed by atoms with E-state index in [1.807, 2.05) is 18.2 Å². The monoisotopic (exact) mass is 393 g/mol. The van der Waals surface area contributed by atoms with Crippen LogP contribution in [0.2, 0.25) is 0 Å². The molecule has 2 aromatic rings. The molecule has 0 bridgehead atoms. The largest absolute Gasteiger partial charge is 0.356 e. The van der Waals surface area contributed by atoms with Crippen LogP contribution in [0.25, 0.3) is 0 Å². The Morgan fingerprint density at radius 1 is 1.14 bits per heavy atom. The molecule has 2 fully saturated rings. The van der Waals surface area contributed by atoms with Crippen LogP contribution in [-0.2, 0) is 4.79 Å². The van der Waals surface area contributed by atoms with E-state index in [4.69, 9.17) is 0 Å². The Labute approximate surface area is 170 Å². The number of hydrogen-bond donors (Lipinski definition) is 2. The molecule has 2 heterocycles. The average molecular weight is 393 g/mol. The zero-order valence-electron chi connectivity index (χ0n) is 16.7. The SMILES string of the molecule is Cc1cc(=O)cc(C(=O)N2CCC(CNC(=O)[C@@H]3C[C@H]3c3ccccc3)CC2)[nH]1. The minimum atomic E-state index is -0.156. The van der Waals surface area contributed by atoms with Crippen LogP contribution in [0.4, 0.5) is 0 Å². The topological polar surface area (TPSA) is 82.3 Å². The van der Waals surface area contributed by atoms with Crippen LogP contribution < -0.4 is 10.7 Å². The molecule has 1 aromatic carbocycles. The number of piperidine rings is 1. The summed E-state index contributed by atoms with van der Waals surface area (Å²) in [5.74, 6) is 0.851. The minimum absolute atomic E-state index is 0.0946. The van der Waals surface area contributed by atoms with Crippen molar-refractivity contribution in [2.45, 2.75) is 32.1 Å². The Hall–Kier alpha value is -2.89. The van der Waals surface area contributed by atoms with Crippen LogP contribution >= 0.6 is 0 Å².